The fraction of sp³-hybridized carbons (Fsp3) is 0.538. The number of rotatable bonds is 2. The van der Waals surface area contributed by atoms with E-state index in [9.17, 15) is 18.3 Å². The van der Waals surface area contributed by atoms with Crippen molar-refractivity contribution in [1.82, 2.24) is 5.32 Å². The van der Waals surface area contributed by atoms with Gasteiger partial charge in [-0.15, -0.1) is 0 Å². The molecular weight excluding hydrogens is 243 g/mol. The Bertz CT molecular complexity index is 394. The van der Waals surface area contributed by atoms with E-state index in [0.29, 0.717) is 19.3 Å². The lowest BCUT2D eigenvalue weighted by molar-refractivity contribution is -0.137. The zero-order chi connectivity index (χ0) is 13.2. The number of hydrogen-bond acceptors (Lipinski definition) is 2. The largest absolute Gasteiger partial charge is 0.416 e. The van der Waals surface area contributed by atoms with Crippen LogP contribution in [-0.4, -0.2) is 23.8 Å². The molecule has 0 unspecified atom stereocenters. The van der Waals surface area contributed by atoms with Crippen LogP contribution >= 0.6 is 0 Å². The lowest BCUT2D eigenvalue weighted by atomic mass is 9.86. The van der Waals surface area contributed by atoms with E-state index in [-0.39, 0.29) is 0 Å². The maximum Gasteiger partial charge on any atom is 0.416 e. The van der Waals surface area contributed by atoms with Crippen LogP contribution in [0.4, 0.5) is 13.2 Å². The number of benzene rings is 1. The smallest absolute Gasteiger partial charge is 0.389 e. The predicted molar refractivity (Wildman–Crippen MR) is 62.2 cm³/mol. The van der Waals surface area contributed by atoms with Crippen LogP contribution in [0.1, 0.15) is 24.0 Å². The summed E-state index contributed by atoms with van der Waals surface area (Å²) in [7, 11) is 0. The predicted octanol–water partition coefficient (Wildman–Crippen LogP) is 2.36. The Balaban J connectivity index is 2.06. The molecule has 1 aromatic carbocycles. The van der Waals surface area contributed by atoms with Gasteiger partial charge in [-0.3, -0.25) is 0 Å². The standard InChI is InChI=1S/C13H16F3NO/c14-13(15,16)11-3-1-10(2-4-11)9-12(18)5-7-17-8-6-12/h1-4,17-18H,5-9H2. The summed E-state index contributed by atoms with van der Waals surface area (Å²) < 4.78 is 37.2. The summed E-state index contributed by atoms with van der Waals surface area (Å²) in [4.78, 5) is 0. The zero-order valence-electron chi connectivity index (χ0n) is 9.93. The molecule has 5 heteroatoms. The van der Waals surface area contributed by atoms with Gasteiger partial charge in [0.25, 0.3) is 0 Å². The summed E-state index contributed by atoms with van der Waals surface area (Å²) in [5.41, 5.74) is -0.693. The van der Waals surface area contributed by atoms with E-state index in [0.717, 1.165) is 30.8 Å². The van der Waals surface area contributed by atoms with Crippen molar-refractivity contribution in [1.29, 1.82) is 0 Å². The molecule has 0 bridgehead atoms. The lowest BCUT2D eigenvalue weighted by Gasteiger charge is -2.32. The van der Waals surface area contributed by atoms with Crippen molar-refractivity contribution in [3.8, 4) is 0 Å². The third-order valence-corrected chi connectivity index (χ3v) is 3.35. The average Bonchev–Trinajstić information content (AvgIpc) is 2.29. The van der Waals surface area contributed by atoms with E-state index < -0.39 is 17.3 Å². The van der Waals surface area contributed by atoms with Gasteiger partial charge < -0.3 is 10.4 Å². The summed E-state index contributed by atoms with van der Waals surface area (Å²) in [6, 6.07) is 5.03. The highest BCUT2D eigenvalue weighted by molar-refractivity contribution is 5.25. The van der Waals surface area contributed by atoms with Crippen molar-refractivity contribution in [3.05, 3.63) is 35.4 Å². The number of hydrogen-bond donors (Lipinski definition) is 2. The number of halogens is 3. The minimum absolute atomic E-state index is 0.410. The molecule has 1 heterocycles. The van der Waals surface area contributed by atoms with E-state index in [2.05, 4.69) is 5.32 Å². The van der Waals surface area contributed by atoms with Crippen LogP contribution in [-0.2, 0) is 12.6 Å². The first kappa shape index (κ1) is 13.4. The Kier molecular flexibility index (Phi) is 3.64. The molecule has 0 aliphatic carbocycles. The maximum atomic E-state index is 12.4. The normalized spacial score (nSPS) is 19.8. The van der Waals surface area contributed by atoms with Gasteiger partial charge in [-0.2, -0.15) is 13.2 Å². The SMILES string of the molecule is OC1(Cc2ccc(C(F)(F)F)cc2)CCNCC1. The van der Waals surface area contributed by atoms with Crippen molar-refractivity contribution in [2.75, 3.05) is 13.1 Å². The van der Waals surface area contributed by atoms with Gasteiger partial charge in [0.15, 0.2) is 0 Å². The minimum Gasteiger partial charge on any atom is -0.389 e. The number of piperidine rings is 1. The molecule has 0 amide bonds. The lowest BCUT2D eigenvalue weighted by Crippen LogP contribution is -2.43. The van der Waals surface area contributed by atoms with Crippen LogP contribution in [0, 0.1) is 0 Å². The minimum atomic E-state index is -4.30. The van der Waals surface area contributed by atoms with Crippen molar-refractivity contribution in [2.45, 2.75) is 31.0 Å². The van der Waals surface area contributed by atoms with E-state index in [1.54, 1.807) is 0 Å². The molecule has 0 spiro atoms. The van der Waals surface area contributed by atoms with Crippen LogP contribution in [0.2, 0.25) is 0 Å². The summed E-state index contributed by atoms with van der Waals surface area (Å²) in [6.07, 6.45) is -2.63. The van der Waals surface area contributed by atoms with Gasteiger partial charge in [0.1, 0.15) is 0 Å². The Hall–Kier alpha value is -1.07. The van der Waals surface area contributed by atoms with Gasteiger partial charge >= 0.3 is 6.18 Å². The second-order valence-corrected chi connectivity index (χ2v) is 4.85. The van der Waals surface area contributed by atoms with Crippen LogP contribution in [0.25, 0.3) is 0 Å². The van der Waals surface area contributed by atoms with Crippen molar-refractivity contribution < 1.29 is 18.3 Å². The molecule has 1 aromatic rings. The van der Waals surface area contributed by atoms with Gasteiger partial charge in [-0.25, -0.2) is 0 Å². The molecule has 1 saturated heterocycles. The third kappa shape index (κ3) is 3.23. The van der Waals surface area contributed by atoms with Gasteiger partial charge in [0, 0.05) is 6.42 Å². The van der Waals surface area contributed by atoms with Crippen molar-refractivity contribution >= 4 is 0 Å². The quantitative estimate of drug-likeness (QED) is 0.854. The molecule has 1 fully saturated rings. The van der Waals surface area contributed by atoms with Crippen LogP contribution in [0.3, 0.4) is 0 Å². The molecule has 0 saturated carbocycles. The fourth-order valence-corrected chi connectivity index (χ4v) is 2.26. The summed E-state index contributed by atoms with van der Waals surface area (Å²) in [6.45, 7) is 1.49. The highest BCUT2D eigenvalue weighted by atomic mass is 19.4. The van der Waals surface area contributed by atoms with Crippen LogP contribution < -0.4 is 5.32 Å². The Morgan fingerprint density at radius 1 is 1.11 bits per heavy atom. The third-order valence-electron chi connectivity index (χ3n) is 3.35. The highest BCUT2D eigenvalue weighted by Gasteiger charge is 2.31. The van der Waals surface area contributed by atoms with E-state index >= 15 is 0 Å². The molecule has 0 aromatic heterocycles. The van der Waals surface area contributed by atoms with Crippen LogP contribution in [0.5, 0.6) is 0 Å². The molecule has 2 nitrogen and oxygen atoms in total. The van der Waals surface area contributed by atoms with Crippen molar-refractivity contribution in [3.63, 3.8) is 0 Å². The summed E-state index contributed by atoms with van der Waals surface area (Å²) in [5, 5.41) is 13.4. The average molecular weight is 259 g/mol. The first-order chi connectivity index (χ1) is 8.39. The van der Waals surface area contributed by atoms with E-state index in [1.165, 1.54) is 12.1 Å². The maximum absolute atomic E-state index is 12.4. The molecule has 18 heavy (non-hydrogen) atoms. The topological polar surface area (TPSA) is 32.3 Å². The number of aliphatic hydroxyl groups is 1. The van der Waals surface area contributed by atoms with Gasteiger partial charge in [-0.1, -0.05) is 12.1 Å². The number of nitrogens with one attached hydrogen (secondary N) is 1. The first-order valence-electron chi connectivity index (χ1n) is 5.98. The second-order valence-electron chi connectivity index (χ2n) is 4.85. The van der Waals surface area contributed by atoms with Crippen molar-refractivity contribution in [2.24, 2.45) is 0 Å². The Labute approximate surface area is 104 Å². The van der Waals surface area contributed by atoms with Gasteiger partial charge in [-0.05, 0) is 43.6 Å². The van der Waals surface area contributed by atoms with Crippen LogP contribution in [0.15, 0.2) is 24.3 Å². The molecule has 0 atom stereocenters. The zero-order valence-corrected chi connectivity index (χ0v) is 9.93. The molecule has 2 N–H and O–H groups in total. The van der Waals surface area contributed by atoms with E-state index in [1.807, 2.05) is 0 Å². The molecule has 1 aliphatic rings. The Morgan fingerprint density at radius 2 is 1.67 bits per heavy atom. The second kappa shape index (κ2) is 4.90. The first-order valence-corrected chi connectivity index (χ1v) is 5.98. The molecule has 2 rings (SSSR count). The molecule has 100 valence electrons. The van der Waals surface area contributed by atoms with Gasteiger partial charge in [0.05, 0.1) is 11.2 Å². The molecule has 1 aliphatic heterocycles. The Morgan fingerprint density at radius 3 is 2.17 bits per heavy atom. The number of alkyl halides is 3. The highest BCUT2D eigenvalue weighted by Crippen LogP contribution is 2.30. The monoisotopic (exact) mass is 259 g/mol. The van der Waals surface area contributed by atoms with Gasteiger partial charge in [0.2, 0.25) is 0 Å². The molecule has 0 radical (unpaired) electrons. The fourth-order valence-electron chi connectivity index (χ4n) is 2.26. The van der Waals surface area contributed by atoms with E-state index in [4.69, 9.17) is 0 Å². The summed E-state index contributed by atoms with van der Waals surface area (Å²) in [5.74, 6) is 0. The molecular formula is C13H16F3NO. The summed E-state index contributed by atoms with van der Waals surface area (Å²) >= 11 is 0.